The van der Waals surface area contributed by atoms with Crippen LogP contribution in [0.5, 0.6) is 0 Å². The number of likely N-dealkylation sites (N-methyl/N-ethyl adjacent to an activating group) is 2. The van der Waals surface area contributed by atoms with Gasteiger partial charge in [0.1, 0.15) is 0 Å². The molecule has 12 rings (SSSR count). The quantitative estimate of drug-likeness (QED) is 0.00407. The summed E-state index contributed by atoms with van der Waals surface area (Å²) in [6, 6.07) is 25.7. The smallest absolute Gasteiger partial charge is 0.327 e. The molecule has 0 atom stereocenters. The standard InChI is InChI=1S/C92H112N12O12S2/c1-13-101-73-47-41-63(117-116-115-111)61-71(73)91(7,8)77(101)37-21-15-19-35-75-89(3,4)69-33-27-57-99(83(69)95-75)55-25-17-23-39-79(105)93-49-29-51-97(11)53-31-59-103-85(107)65-43-45-67-82-68(46-44-66(81(65)82)86(103)108)88(110)104(87(67)109)60-32-54-98(12)52-30-50-94-80(106)40-24-18-26-56-100-58-28-34-70-84(100)96-76(90(70,5)6)36-20-16-22-38-78-92(9,10)72-62-64(118(112,113)114)42-48-74(72)102(78)14-2/h15-16,19-22,27-28,33-38,41-48,57-58,61-62H,13-14,17-18,23-26,29-32,39-40,49-56,59-60H2,1-12H3,(H2-2,93,94,105,106,111,112,113,114)/p+2. The SMILES string of the molecule is CCN1C(=CC=CC=CC2=Nc3c(ccc[n+]3CCCCCC(=O)NCCCN(C)CCCN3C(=O)c4ccc5c6c(ccc(c46)C3=O)C(=O)N(CCCN(C)CCCNC(=O)CCCCC[n+]3cccc4c3N=C(C=CC=CC=C3N(CC)c6ccc(S(=O)(=O)O)cc6C3(C)C)C4(C)C)C5=O)C2(C)C)C(C)(C)c2cc(SOOO)ccc21. The number of carbonyl (C=O) groups is 6. The molecule has 6 aliphatic rings. The highest BCUT2D eigenvalue weighted by atomic mass is 32.2. The second kappa shape index (κ2) is 37.6. The summed E-state index contributed by atoms with van der Waals surface area (Å²) in [5.74, 6) is 0.112. The molecule has 118 heavy (non-hydrogen) atoms. The number of aryl methyl sites for hydroxylation is 2. The Morgan fingerprint density at radius 2 is 0.924 bits per heavy atom. The molecule has 4 aromatic carbocycles. The fourth-order valence-electron chi connectivity index (χ4n) is 17.3. The highest BCUT2D eigenvalue weighted by Crippen LogP contribution is 2.51. The van der Waals surface area contributed by atoms with E-state index in [4.69, 9.17) is 19.6 Å². The maximum absolute atomic E-state index is 14.1. The van der Waals surface area contributed by atoms with Crippen molar-refractivity contribution in [2.45, 2.75) is 191 Å². The van der Waals surface area contributed by atoms with Crippen LogP contribution in [-0.4, -0.2) is 164 Å². The van der Waals surface area contributed by atoms with Gasteiger partial charge in [-0.3, -0.25) is 43.1 Å². The Morgan fingerprint density at radius 1 is 0.508 bits per heavy atom. The summed E-state index contributed by atoms with van der Waals surface area (Å²) < 4.78 is 42.8. The van der Waals surface area contributed by atoms with Crippen molar-refractivity contribution in [3.05, 3.63) is 214 Å². The first-order valence-electron chi connectivity index (χ1n) is 41.5. The van der Waals surface area contributed by atoms with E-state index in [9.17, 15) is 41.7 Å². The topological polar surface area (TPSA) is 271 Å². The Balaban J connectivity index is 0.508. The molecular formula is C92H114N12O12S2+2. The zero-order valence-electron chi connectivity index (χ0n) is 70.2. The molecule has 0 fully saturated rings. The van der Waals surface area contributed by atoms with Crippen LogP contribution in [0, 0.1) is 0 Å². The third-order valence-electron chi connectivity index (χ3n) is 24.0. The van der Waals surface area contributed by atoms with Crippen molar-refractivity contribution in [2.75, 3.05) is 89.3 Å². The number of pyridine rings is 2. The van der Waals surface area contributed by atoms with Gasteiger partial charge in [-0.25, -0.2) is 14.4 Å². The van der Waals surface area contributed by atoms with E-state index >= 15 is 0 Å². The maximum atomic E-state index is 14.1. The van der Waals surface area contributed by atoms with E-state index in [1.165, 1.54) is 32.7 Å². The molecule has 4 N–H and O–H groups in total. The summed E-state index contributed by atoms with van der Waals surface area (Å²) in [4.78, 5) is 104. The van der Waals surface area contributed by atoms with E-state index in [-0.39, 0.29) is 68.3 Å². The van der Waals surface area contributed by atoms with Gasteiger partial charge in [0.25, 0.3) is 33.7 Å². The van der Waals surface area contributed by atoms with E-state index in [2.05, 4.69) is 193 Å². The number of carbonyl (C=O) groups excluding carboxylic acids is 6. The lowest BCUT2D eigenvalue weighted by Crippen LogP contribution is -2.44. The first kappa shape index (κ1) is 87.4. The fourth-order valence-corrected chi connectivity index (χ4v) is 18.2. The van der Waals surface area contributed by atoms with Crippen molar-refractivity contribution in [3.8, 4) is 0 Å². The Bertz CT molecular complexity index is 5140. The molecule has 0 bridgehead atoms. The highest BCUT2D eigenvalue weighted by molar-refractivity contribution is 7.94. The highest BCUT2D eigenvalue weighted by Gasteiger charge is 2.46. The number of allylic oxidation sites excluding steroid dienone is 12. The van der Waals surface area contributed by atoms with Crippen LogP contribution in [0.2, 0.25) is 0 Å². The second-order valence-corrected chi connectivity index (χ2v) is 35.6. The number of amides is 6. The van der Waals surface area contributed by atoms with Crippen LogP contribution in [0.25, 0.3) is 10.8 Å². The molecule has 0 unspecified atom stereocenters. The van der Waals surface area contributed by atoms with Gasteiger partial charge in [-0.15, -0.1) is 4.33 Å². The number of aliphatic imine (C=N–C) groups is 2. The molecule has 2 aromatic heterocycles. The van der Waals surface area contributed by atoms with Gasteiger partial charge in [-0.2, -0.15) is 8.42 Å². The minimum absolute atomic E-state index is 0.0152. The Labute approximate surface area is 698 Å². The zero-order chi connectivity index (χ0) is 84.4. The molecule has 6 aliphatic heterocycles. The van der Waals surface area contributed by atoms with Gasteiger partial charge in [-0.05, 0) is 276 Å². The number of nitrogens with one attached hydrogen (secondary N) is 2. The summed E-state index contributed by atoms with van der Waals surface area (Å²) in [6.45, 7) is 28.6. The number of hydrogen-bond acceptors (Lipinski definition) is 18. The number of benzene rings is 4. The molecular weight excluding hydrogens is 1530 g/mol. The number of unbranched alkanes of at least 4 members (excludes halogenated alkanes) is 4. The van der Waals surface area contributed by atoms with Gasteiger partial charge in [0, 0.05) is 124 Å². The van der Waals surface area contributed by atoms with Crippen molar-refractivity contribution in [1.82, 2.24) is 30.2 Å². The Hall–Kier alpha value is -9.90. The molecule has 0 saturated carbocycles. The minimum Gasteiger partial charge on any atom is -0.356 e. The number of anilines is 2. The summed E-state index contributed by atoms with van der Waals surface area (Å²) in [5, 5.41) is 19.3. The summed E-state index contributed by atoms with van der Waals surface area (Å²) in [5.41, 5.74) is 10.4. The number of rotatable bonds is 40. The van der Waals surface area contributed by atoms with Crippen molar-refractivity contribution >= 4 is 103 Å². The molecule has 6 aromatic rings. The van der Waals surface area contributed by atoms with E-state index in [0.717, 1.165) is 139 Å². The average Bonchev–Trinajstić information content (AvgIpc) is 1.12. The van der Waals surface area contributed by atoms with Gasteiger partial charge in [0.05, 0.1) is 64.4 Å². The molecule has 0 spiro atoms. The Kier molecular flexibility index (Phi) is 27.8. The molecule has 0 aliphatic carbocycles. The molecule has 0 radical (unpaired) electrons. The molecule has 6 amide bonds. The molecule has 26 heteroatoms. The van der Waals surface area contributed by atoms with Gasteiger partial charge >= 0.3 is 11.6 Å². The lowest BCUT2D eigenvalue weighted by atomic mass is 9.82. The van der Waals surface area contributed by atoms with Crippen molar-refractivity contribution < 1.29 is 65.5 Å². The molecule has 8 heterocycles. The number of nitrogens with zero attached hydrogens (tertiary/aromatic N) is 10. The average molecular weight is 1640 g/mol. The van der Waals surface area contributed by atoms with Crippen LogP contribution in [0.1, 0.15) is 210 Å². The monoisotopic (exact) mass is 1640 g/mol. The lowest BCUT2D eigenvalue weighted by Gasteiger charge is -2.32. The maximum Gasteiger partial charge on any atom is 0.327 e. The van der Waals surface area contributed by atoms with Crippen LogP contribution in [0.4, 0.5) is 23.0 Å². The predicted molar refractivity (Wildman–Crippen MR) is 463 cm³/mol. The predicted octanol–water partition coefficient (Wildman–Crippen LogP) is 14.8. The lowest BCUT2D eigenvalue weighted by molar-refractivity contribution is -0.685. The first-order valence-corrected chi connectivity index (χ1v) is 43.7. The van der Waals surface area contributed by atoms with E-state index in [0.29, 0.717) is 82.3 Å². The van der Waals surface area contributed by atoms with Crippen LogP contribution in [0.15, 0.2) is 189 Å². The number of aromatic nitrogens is 2. The first-order chi connectivity index (χ1) is 56.4. The van der Waals surface area contributed by atoms with Crippen molar-refractivity contribution in [3.63, 3.8) is 0 Å². The number of fused-ring (bicyclic) bond motifs is 4. The summed E-state index contributed by atoms with van der Waals surface area (Å²) in [7, 11) is -0.380. The van der Waals surface area contributed by atoms with E-state index in [1.54, 1.807) is 36.4 Å². The van der Waals surface area contributed by atoms with E-state index in [1.807, 2.05) is 50.5 Å². The van der Waals surface area contributed by atoms with Crippen molar-refractivity contribution in [2.24, 2.45) is 9.98 Å². The van der Waals surface area contributed by atoms with E-state index < -0.39 is 39.2 Å². The summed E-state index contributed by atoms with van der Waals surface area (Å²) in [6.07, 6.45) is 33.1. The minimum atomic E-state index is -4.34. The zero-order valence-corrected chi connectivity index (χ0v) is 71.9. The van der Waals surface area contributed by atoms with Gasteiger partial charge in [0.2, 0.25) is 11.8 Å². The van der Waals surface area contributed by atoms with Crippen LogP contribution in [-0.2, 0) is 63.8 Å². The number of imide groups is 2. The third-order valence-corrected chi connectivity index (χ3v) is 25.5. The van der Waals surface area contributed by atoms with Gasteiger partial charge in [-0.1, -0.05) is 69.2 Å². The van der Waals surface area contributed by atoms with Crippen LogP contribution < -0.4 is 29.6 Å². The van der Waals surface area contributed by atoms with Gasteiger partial charge in [0.15, 0.2) is 11.4 Å². The summed E-state index contributed by atoms with van der Waals surface area (Å²) >= 11 is 0.959. The normalized spacial score (nSPS) is 17.5. The molecule has 0 saturated heterocycles. The van der Waals surface area contributed by atoms with Crippen molar-refractivity contribution in [1.29, 1.82) is 0 Å². The Morgan fingerprint density at radius 3 is 1.34 bits per heavy atom. The molecule has 624 valence electrons. The fraction of sp³-hybridized carbons (Fsp3) is 0.435. The largest absolute Gasteiger partial charge is 0.356 e. The number of hydrogen-bond donors (Lipinski definition) is 4. The van der Waals surface area contributed by atoms with Crippen LogP contribution in [0.3, 0.4) is 0 Å². The van der Waals surface area contributed by atoms with Crippen LogP contribution >= 0.6 is 12.0 Å². The van der Waals surface area contributed by atoms with Gasteiger partial charge < -0.3 is 30.2 Å². The second-order valence-electron chi connectivity index (χ2n) is 33.4. The molecule has 24 nitrogen and oxygen atoms in total. The third kappa shape index (κ3) is 18.7.